The highest BCUT2D eigenvalue weighted by Gasteiger charge is 2.12. The van der Waals surface area contributed by atoms with Gasteiger partial charge in [-0.3, -0.25) is 4.79 Å². The predicted molar refractivity (Wildman–Crippen MR) is 41.6 cm³/mol. The first kappa shape index (κ1) is 9.44. The normalized spacial score (nSPS) is 11.8. The molecule has 56 valence electrons. The molecule has 0 saturated heterocycles. The maximum absolute atomic E-state index is 10.8. The van der Waals surface area contributed by atoms with Gasteiger partial charge >= 0.3 is 0 Å². The van der Waals surface area contributed by atoms with Crippen molar-refractivity contribution in [2.24, 2.45) is 0 Å². The summed E-state index contributed by atoms with van der Waals surface area (Å²) in [6.07, 6.45) is 0. The standard InChI is InChI=1S/C6H9BrN2O/c1-5(4-8)9(2)6(10)3-7/h5H,3H2,1-2H3. The average molecular weight is 205 g/mol. The summed E-state index contributed by atoms with van der Waals surface area (Å²) in [6.45, 7) is 1.68. The Bertz CT molecular complexity index is 164. The number of nitriles is 1. The minimum atomic E-state index is -0.343. The van der Waals surface area contributed by atoms with Gasteiger partial charge in [0.05, 0.1) is 11.4 Å². The van der Waals surface area contributed by atoms with Crippen molar-refractivity contribution in [2.75, 3.05) is 12.4 Å². The van der Waals surface area contributed by atoms with Gasteiger partial charge in [-0.1, -0.05) is 15.9 Å². The minimum absolute atomic E-state index is 0.0750. The van der Waals surface area contributed by atoms with Crippen molar-refractivity contribution in [3.63, 3.8) is 0 Å². The van der Waals surface area contributed by atoms with Gasteiger partial charge in [0, 0.05) is 7.05 Å². The maximum Gasteiger partial charge on any atom is 0.234 e. The molecule has 0 aromatic heterocycles. The summed E-state index contributed by atoms with van der Waals surface area (Å²) in [5.74, 6) is -0.0750. The summed E-state index contributed by atoms with van der Waals surface area (Å²) < 4.78 is 0. The largest absolute Gasteiger partial charge is 0.329 e. The van der Waals surface area contributed by atoms with E-state index in [1.807, 2.05) is 6.07 Å². The van der Waals surface area contributed by atoms with E-state index in [2.05, 4.69) is 15.9 Å². The SMILES string of the molecule is CC(C#N)N(C)C(=O)CBr. The molecule has 0 saturated carbocycles. The number of carbonyl (C=O) groups excluding carboxylic acids is 1. The van der Waals surface area contributed by atoms with E-state index in [9.17, 15) is 4.79 Å². The highest BCUT2D eigenvalue weighted by Crippen LogP contribution is 1.96. The molecule has 0 aromatic carbocycles. The fraction of sp³-hybridized carbons (Fsp3) is 0.667. The van der Waals surface area contributed by atoms with Crippen molar-refractivity contribution in [3.05, 3.63) is 0 Å². The number of halogens is 1. The van der Waals surface area contributed by atoms with E-state index < -0.39 is 0 Å². The van der Waals surface area contributed by atoms with Crippen molar-refractivity contribution in [2.45, 2.75) is 13.0 Å². The Kier molecular flexibility index (Phi) is 4.05. The summed E-state index contributed by atoms with van der Waals surface area (Å²) in [6, 6.07) is 1.62. The molecule has 0 fully saturated rings. The second-order valence-corrected chi connectivity index (χ2v) is 2.50. The van der Waals surface area contributed by atoms with E-state index in [1.54, 1.807) is 14.0 Å². The first-order valence-electron chi connectivity index (χ1n) is 2.84. The number of hydrogen-bond donors (Lipinski definition) is 0. The molecular formula is C6H9BrN2O. The van der Waals surface area contributed by atoms with Crippen LogP contribution in [0.5, 0.6) is 0 Å². The van der Waals surface area contributed by atoms with Gasteiger partial charge in [-0.25, -0.2) is 0 Å². The molecule has 0 heterocycles. The number of alkyl halides is 1. The average Bonchev–Trinajstić information content (AvgIpc) is 2.00. The molecule has 0 radical (unpaired) electrons. The third kappa shape index (κ3) is 2.36. The summed E-state index contributed by atoms with van der Waals surface area (Å²) >= 11 is 3.01. The molecule has 10 heavy (non-hydrogen) atoms. The predicted octanol–water partition coefficient (Wildman–Crippen LogP) is 0.752. The number of carbonyl (C=O) groups is 1. The Morgan fingerprint density at radius 2 is 2.40 bits per heavy atom. The van der Waals surface area contributed by atoms with Crippen LogP contribution in [0.2, 0.25) is 0 Å². The molecule has 0 spiro atoms. The van der Waals surface area contributed by atoms with Crippen LogP contribution in [-0.4, -0.2) is 29.2 Å². The molecule has 0 aliphatic carbocycles. The van der Waals surface area contributed by atoms with E-state index in [-0.39, 0.29) is 17.3 Å². The molecule has 0 N–H and O–H groups in total. The Labute approximate surface area is 68.7 Å². The lowest BCUT2D eigenvalue weighted by molar-refractivity contribution is -0.127. The molecule has 0 aliphatic rings. The number of amides is 1. The highest BCUT2D eigenvalue weighted by atomic mass is 79.9. The molecule has 1 unspecified atom stereocenters. The fourth-order valence-electron chi connectivity index (χ4n) is 0.397. The Morgan fingerprint density at radius 3 is 2.70 bits per heavy atom. The third-order valence-corrected chi connectivity index (χ3v) is 1.76. The lowest BCUT2D eigenvalue weighted by Gasteiger charge is -2.17. The Morgan fingerprint density at radius 1 is 1.90 bits per heavy atom. The van der Waals surface area contributed by atoms with E-state index >= 15 is 0 Å². The van der Waals surface area contributed by atoms with Crippen molar-refractivity contribution in [1.82, 2.24) is 4.90 Å². The van der Waals surface area contributed by atoms with Crippen LogP contribution in [0.1, 0.15) is 6.92 Å². The molecule has 1 amide bonds. The Hall–Kier alpha value is -0.560. The van der Waals surface area contributed by atoms with Crippen LogP contribution < -0.4 is 0 Å². The topological polar surface area (TPSA) is 44.1 Å². The van der Waals surface area contributed by atoms with Crippen molar-refractivity contribution < 1.29 is 4.79 Å². The second kappa shape index (κ2) is 4.29. The zero-order valence-corrected chi connectivity index (χ0v) is 7.55. The number of nitrogens with zero attached hydrogens (tertiary/aromatic N) is 2. The van der Waals surface area contributed by atoms with Crippen molar-refractivity contribution in [1.29, 1.82) is 5.26 Å². The van der Waals surface area contributed by atoms with Crippen LogP contribution in [0.15, 0.2) is 0 Å². The van der Waals surface area contributed by atoms with Gasteiger partial charge in [0.1, 0.15) is 6.04 Å². The summed E-state index contributed by atoms with van der Waals surface area (Å²) in [4.78, 5) is 12.2. The van der Waals surface area contributed by atoms with Gasteiger partial charge in [0.15, 0.2) is 0 Å². The van der Waals surface area contributed by atoms with Crippen LogP contribution >= 0.6 is 15.9 Å². The van der Waals surface area contributed by atoms with Gasteiger partial charge in [-0.2, -0.15) is 5.26 Å². The number of hydrogen-bond acceptors (Lipinski definition) is 2. The zero-order chi connectivity index (χ0) is 8.15. The summed E-state index contributed by atoms with van der Waals surface area (Å²) in [5.41, 5.74) is 0. The number of rotatable bonds is 2. The monoisotopic (exact) mass is 204 g/mol. The lowest BCUT2D eigenvalue weighted by atomic mass is 10.3. The second-order valence-electron chi connectivity index (χ2n) is 1.94. The van der Waals surface area contributed by atoms with Gasteiger partial charge in [-0.05, 0) is 6.92 Å². The van der Waals surface area contributed by atoms with E-state index in [0.29, 0.717) is 0 Å². The van der Waals surface area contributed by atoms with Crippen LogP contribution in [0.3, 0.4) is 0 Å². The molecule has 4 heteroatoms. The molecule has 0 aliphatic heterocycles. The van der Waals surface area contributed by atoms with Gasteiger partial charge in [-0.15, -0.1) is 0 Å². The van der Waals surface area contributed by atoms with Crippen LogP contribution in [0, 0.1) is 11.3 Å². The van der Waals surface area contributed by atoms with Crippen molar-refractivity contribution >= 4 is 21.8 Å². The van der Waals surface area contributed by atoms with Crippen LogP contribution in [0.4, 0.5) is 0 Å². The lowest BCUT2D eigenvalue weighted by Crippen LogP contribution is -2.34. The third-order valence-electron chi connectivity index (χ3n) is 1.28. The smallest absolute Gasteiger partial charge is 0.234 e. The minimum Gasteiger partial charge on any atom is -0.329 e. The van der Waals surface area contributed by atoms with Crippen molar-refractivity contribution in [3.8, 4) is 6.07 Å². The van der Waals surface area contributed by atoms with Gasteiger partial charge in [0.25, 0.3) is 0 Å². The van der Waals surface area contributed by atoms with E-state index in [0.717, 1.165) is 0 Å². The molecule has 1 atom stereocenters. The molecule has 0 bridgehead atoms. The highest BCUT2D eigenvalue weighted by molar-refractivity contribution is 9.09. The maximum atomic E-state index is 10.8. The van der Waals surface area contributed by atoms with Crippen LogP contribution in [0.25, 0.3) is 0 Å². The molecule has 0 rings (SSSR count). The zero-order valence-electron chi connectivity index (χ0n) is 5.97. The van der Waals surface area contributed by atoms with Gasteiger partial charge in [0.2, 0.25) is 5.91 Å². The van der Waals surface area contributed by atoms with Crippen LogP contribution in [-0.2, 0) is 4.79 Å². The van der Waals surface area contributed by atoms with E-state index in [4.69, 9.17) is 5.26 Å². The quantitative estimate of drug-likeness (QED) is 0.624. The summed E-state index contributed by atoms with van der Waals surface area (Å²) in [5, 5.41) is 8.66. The first-order valence-corrected chi connectivity index (χ1v) is 3.97. The molecule has 3 nitrogen and oxygen atoms in total. The molecule has 0 aromatic rings. The first-order chi connectivity index (χ1) is 4.63. The molecular weight excluding hydrogens is 196 g/mol. The van der Waals surface area contributed by atoms with E-state index in [1.165, 1.54) is 4.90 Å². The fourth-order valence-corrected chi connectivity index (χ4v) is 0.792. The Balaban J connectivity index is 3.97. The summed E-state index contributed by atoms with van der Waals surface area (Å²) in [7, 11) is 1.61. The van der Waals surface area contributed by atoms with Gasteiger partial charge < -0.3 is 4.90 Å².